The number of rotatable bonds is 2. The van der Waals surface area contributed by atoms with E-state index in [9.17, 15) is 4.79 Å². The summed E-state index contributed by atoms with van der Waals surface area (Å²) in [4.78, 5) is 17.9. The zero-order valence-electron chi connectivity index (χ0n) is 12.8. The van der Waals surface area contributed by atoms with Gasteiger partial charge in [-0.15, -0.1) is 11.8 Å². The van der Waals surface area contributed by atoms with Crippen LogP contribution in [0, 0.1) is 0 Å². The number of halogens is 1. The molecule has 3 heterocycles. The molecule has 1 aliphatic heterocycles. The van der Waals surface area contributed by atoms with Crippen LogP contribution in [0.5, 0.6) is 0 Å². The highest BCUT2D eigenvalue weighted by atomic mass is 35.5. The quantitative estimate of drug-likeness (QED) is 0.705. The van der Waals surface area contributed by atoms with E-state index in [1.165, 1.54) is 4.90 Å². The summed E-state index contributed by atoms with van der Waals surface area (Å²) in [5.74, 6) is 0.436. The van der Waals surface area contributed by atoms with Gasteiger partial charge in [-0.05, 0) is 18.2 Å². The number of thioether (sulfide) groups is 1. The zero-order chi connectivity index (χ0) is 16.7. The first-order valence-corrected chi connectivity index (χ1v) is 8.71. The molecular formula is C17H13ClN4OS. The molecule has 0 saturated heterocycles. The Morgan fingerprint density at radius 2 is 2.12 bits per heavy atom. The van der Waals surface area contributed by atoms with Crippen LogP contribution in [0.4, 0.5) is 5.69 Å². The molecule has 1 aromatic carbocycles. The number of amides is 1. The first-order chi connectivity index (χ1) is 11.6. The number of fused-ring (bicyclic) bond motifs is 3. The second-order valence-electron chi connectivity index (χ2n) is 5.38. The van der Waals surface area contributed by atoms with E-state index in [2.05, 4.69) is 27.5 Å². The summed E-state index contributed by atoms with van der Waals surface area (Å²) in [6.45, 7) is 0. The fourth-order valence-electron chi connectivity index (χ4n) is 2.82. The molecule has 0 aliphatic carbocycles. The molecule has 0 fully saturated rings. The molecule has 1 N–H and O–H groups in total. The molecule has 1 amide bonds. The van der Waals surface area contributed by atoms with Crippen LogP contribution in [0.2, 0.25) is 5.15 Å². The topological polar surface area (TPSA) is 59.8 Å². The van der Waals surface area contributed by atoms with E-state index in [1.54, 1.807) is 34.8 Å². The first-order valence-electron chi connectivity index (χ1n) is 7.35. The molecule has 0 atom stereocenters. The summed E-state index contributed by atoms with van der Waals surface area (Å²) >= 11 is 7.73. The van der Waals surface area contributed by atoms with Crippen molar-refractivity contribution in [1.29, 1.82) is 0 Å². The van der Waals surface area contributed by atoms with Gasteiger partial charge in [-0.2, -0.15) is 5.10 Å². The molecule has 0 saturated carbocycles. The maximum Gasteiger partial charge on any atom is 0.276 e. The van der Waals surface area contributed by atoms with Crippen molar-refractivity contribution in [3.63, 3.8) is 0 Å². The summed E-state index contributed by atoms with van der Waals surface area (Å²) < 4.78 is 1.77. The van der Waals surface area contributed by atoms with Gasteiger partial charge in [-0.1, -0.05) is 29.8 Å². The Morgan fingerprint density at radius 3 is 2.96 bits per heavy atom. The minimum atomic E-state index is -0.276. The van der Waals surface area contributed by atoms with E-state index in [-0.39, 0.29) is 11.1 Å². The van der Waals surface area contributed by atoms with Crippen molar-refractivity contribution in [2.75, 3.05) is 5.32 Å². The fraction of sp³-hybridized carbons (Fsp3) is 0.118. The number of aromatic nitrogens is 3. The number of carbonyl (C=O) groups excluding carboxylic acids is 1. The van der Waals surface area contributed by atoms with Gasteiger partial charge in [0.05, 0.1) is 11.4 Å². The zero-order valence-corrected chi connectivity index (χ0v) is 14.4. The van der Waals surface area contributed by atoms with E-state index in [0.717, 1.165) is 16.8 Å². The highest BCUT2D eigenvalue weighted by Crippen LogP contribution is 2.42. The van der Waals surface area contributed by atoms with Crippen LogP contribution in [-0.2, 0) is 12.8 Å². The van der Waals surface area contributed by atoms with E-state index in [0.29, 0.717) is 17.1 Å². The normalized spacial score (nSPS) is 12.4. The van der Waals surface area contributed by atoms with Gasteiger partial charge in [0.15, 0.2) is 10.8 Å². The van der Waals surface area contributed by atoms with Gasteiger partial charge in [0, 0.05) is 35.0 Å². The van der Waals surface area contributed by atoms with Crippen LogP contribution < -0.4 is 5.32 Å². The van der Waals surface area contributed by atoms with Gasteiger partial charge in [0.2, 0.25) is 0 Å². The van der Waals surface area contributed by atoms with Crippen LogP contribution >= 0.6 is 23.4 Å². The lowest BCUT2D eigenvalue weighted by Crippen LogP contribution is -2.15. The third kappa shape index (κ3) is 2.48. The molecule has 7 heteroatoms. The number of hydrogen-bond donors (Lipinski definition) is 1. The van der Waals surface area contributed by atoms with E-state index < -0.39 is 0 Å². The van der Waals surface area contributed by atoms with Crippen LogP contribution in [0.15, 0.2) is 47.5 Å². The molecule has 3 aromatic rings. The number of carbonyl (C=O) groups is 1. The molecule has 24 heavy (non-hydrogen) atoms. The van der Waals surface area contributed by atoms with Gasteiger partial charge >= 0.3 is 0 Å². The van der Waals surface area contributed by atoms with Gasteiger partial charge in [0.25, 0.3) is 5.91 Å². The van der Waals surface area contributed by atoms with Crippen LogP contribution in [0.25, 0.3) is 11.3 Å². The minimum absolute atomic E-state index is 0.260. The molecule has 0 spiro atoms. The maximum atomic E-state index is 12.7. The molecule has 2 aromatic heterocycles. The minimum Gasteiger partial charge on any atom is -0.318 e. The SMILES string of the molecule is Cn1nc(C(=O)Nc2cccnc2Cl)c2c1-c1ccccc1SC2. The van der Waals surface area contributed by atoms with Crippen molar-refractivity contribution < 1.29 is 4.79 Å². The Balaban J connectivity index is 1.74. The third-order valence-corrected chi connectivity index (χ3v) is 5.28. The Bertz CT molecular complexity index is 954. The molecular weight excluding hydrogens is 344 g/mol. The number of pyridine rings is 1. The van der Waals surface area contributed by atoms with Crippen LogP contribution in [0.3, 0.4) is 0 Å². The lowest BCUT2D eigenvalue weighted by molar-refractivity contribution is 0.102. The number of nitrogens with one attached hydrogen (secondary N) is 1. The van der Waals surface area contributed by atoms with Crippen LogP contribution in [-0.4, -0.2) is 20.7 Å². The van der Waals surface area contributed by atoms with Crippen molar-refractivity contribution in [1.82, 2.24) is 14.8 Å². The third-order valence-electron chi connectivity index (χ3n) is 3.88. The summed E-state index contributed by atoms with van der Waals surface area (Å²) in [6.07, 6.45) is 1.58. The van der Waals surface area contributed by atoms with Gasteiger partial charge in [-0.25, -0.2) is 4.98 Å². The van der Waals surface area contributed by atoms with E-state index in [4.69, 9.17) is 11.6 Å². The lowest BCUT2D eigenvalue weighted by atomic mass is 10.1. The average Bonchev–Trinajstić information content (AvgIpc) is 2.94. The maximum absolute atomic E-state index is 12.7. The van der Waals surface area contributed by atoms with Crippen LogP contribution in [0.1, 0.15) is 16.1 Å². The molecule has 5 nitrogen and oxygen atoms in total. The van der Waals surface area contributed by atoms with Gasteiger partial charge in [-0.3, -0.25) is 9.48 Å². The Labute approximate surface area is 148 Å². The summed E-state index contributed by atoms with van der Waals surface area (Å²) in [6, 6.07) is 11.6. The predicted octanol–water partition coefficient (Wildman–Crippen LogP) is 3.99. The summed E-state index contributed by atoms with van der Waals surface area (Å²) in [7, 11) is 1.86. The molecule has 0 unspecified atom stereocenters. The predicted molar refractivity (Wildman–Crippen MR) is 95.4 cm³/mol. The van der Waals surface area contributed by atoms with E-state index in [1.807, 2.05) is 19.2 Å². The van der Waals surface area contributed by atoms with E-state index >= 15 is 0 Å². The number of aryl methyl sites for hydroxylation is 1. The average molecular weight is 357 g/mol. The highest BCUT2D eigenvalue weighted by molar-refractivity contribution is 7.98. The van der Waals surface area contributed by atoms with Gasteiger partial charge < -0.3 is 5.32 Å². The summed E-state index contributed by atoms with van der Waals surface area (Å²) in [5, 5.41) is 7.50. The molecule has 1 aliphatic rings. The molecule has 0 radical (unpaired) electrons. The van der Waals surface area contributed by atoms with Crippen molar-refractivity contribution >= 4 is 35.0 Å². The monoisotopic (exact) mass is 356 g/mol. The Kier molecular flexibility index (Phi) is 3.78. The number of hydrogen-bond acceptors (Lipinski definition) is 4. The number of anilines is 1. The summed E-state index contributed by atoms with van der Waals surface area (Å²) in [5.41, 5.74) is 3.95. The largest absolute Gasteiger partial charge is 0.318 e. The van der Waals surface area contributed by atoms with Crippen molar-refractivity contribution in [3.05, 3.63) is 59.0 Å². The second-order valence-corrected chi connectivity index (χ2v) is 6.76. The highest BCUT2D eigenvalue weighted by Gasteiger charge is 2.27. The smallest absolute Gasteiger partial charge is 0.276 e. The fourth-order valence-corrected chi connectivity index (χ4v) is 4.06. The van der Waals surface area contributed by atoms with Gasteiger partial charge in [0.1, 0.15) is 0 Å². The number of nitrogens with zero attached hydrogens (tertiary/aromatic N) is 3. The molecule has 120 valence electrons. The Hall–Kier alpha value is -2.31. The Morgan fingerprint density at radius 1 is 1.29 bits per heavy atom. The molecule has 4 rings (SSSR count). The van der Waals surface area contributed by atoms with Crippen molar-refractivity contribution in [2.45, 2.75) is 10.6 Å². The number of benzene rings is 1. The second kappa shape index (κ2) is 5.96. The molecule has 0 bridgehead atoms. The van der Waals surface area contributed by atoms with Crippen molar-refractivity contribution in [2.24, 2.45) is 7.05 Å². The van der Waals surface area contributed by atoms with Crippen molar-refractivity contribution in [3.8, 4) is 11.3 Å². The standard InChI is InChI=1S/C17H13ClN4OS/c1-22-15-10-5-2-3-7-13(10)24-9-11(15)14(21-22)17(23)20-12-6-4-8-19-16(12)18/h2-8H,9H2,1H3,(H,20,23). The first kappa shape index (κ1) is 15.2. The lowest BCUT2D eigenvalue weighted by Gasteiger charge is -2.17.